The van der Waals surface area contributed by atoms with Crippen molar-refractivity contribution in [3.63, 3.8) is 0 Å². The number of methoxy groups -OCH3 is 1. The van der Waals surface area contributed by atoms with Crippen LogP contribution in [0.4, 0.5) is 20.4 Å². The van der Waals surface area contributed by atoms with E-state index >= 15 is 0 Å². The molecule has 1 aliphatic carbocycles. The van der Waals surface area contributed by atoms with Gasteiger partial charge >= 0.3 is 5.56 Å². The summed E-state index contributed by atoms with van der Waals surface area (Å²) < 4.78 is 34.0. The van der Waals surface area contributed by atoms with E-state index in [2.05, 4.69) is 15.3 Å². The molecule has 0 aliphatic heterocycles. The number of ether oxygens (including phenoxy) is 1. The number of nitrogens with zero attached hydrogens (tertiary/aromatic N) is 3. The van der Waals surface area contributed by atoms with Crippen LogP contribution in [0.25, 0.3) is 0 Å². The van der Waals surface area contributed by atoms with Crippen LogP contribution in [0, 0.1) is 19.7 Å². The number of aryl methyl sites for hydroxylation is 2. The van der Waals surface area contributed by atoms with E-state index in [9.17, 15) is 13.6 Å². The van der Waals surface area contributed by atoms with Crippen molar-refractivity contribution >= 4 is 23.2 Å². The summed E-state index contributed by atoms with van der Waals surface area (Å²) in [6.45, 7) is 3.79. The van der Waals surface area contributed by atoms with Crippen LogP contribution in [0.3, 0.4) is 0 Å². The Labute approximate surface area is 165 Å². The molecule has 9 heteroatoms. The van der Waals surface area contributed by atoms with Crippen LogP contribution in [0.1, 0.15) is 17.7 Å². The van der Waals surface area contributed by atoms with Gasteiger partial charge in [0.05, 0.1) is 23.9 Å². The number of rotatable bonds is 5. The third-order valence-electron chi connectivity index (χ3n) is 4.34. The Hall–Kier alpha value is -2.74. The van der Waals surface area contributed by atoms with Gasteiger partial charge in [0.2, 0.25) is 17.6 Å². The fraction of sp³-hybridized carbons (Fsp3) is 0.316. The molecular formula is C19H19ClF2N4O2. The minimum absolute atomic E-state index is 0.142. The molecule has 1 aliphatic rings. The fourth-order valence-corrected chi connectivity index (χ4v) is 3.13. The number of aromatic nitrogens is 3. The van der Waals surface area contributed by atoms with Crippen LogP contribution in [0.15, 0.2) is 40.6 Å². The van der Waals surface area contributed by atoms with E-state index in [0.29, 0.717) is 17.3 Å². The maximum absolute atomic E-state index is 13.9. The molecule has 2 heterocycles. The molecule has 1 unspecified atom stereocenters. The average molecular weight is 409 g/mol. The molecule has 28 heavy (non-hydrogen) atoms. The average Bonchev–Trinajstić information content (AvgIpc) is 2.65. The van der Waals surface area contributed by atoms with E-state index in [-0.39, 0.29) is 18.9 Å². The van der Waals surface area contributed by atoms with Gasteiger partial charge in [0.1, 0.15) is 5.83 Å². The zero-order valence-corrected chi connectivity index (χ0v) is 16.3. The van der Waals surface area contributed by atoms with Crippen LogP contribution in [0.5, 0.6) is 5.88 Å². The molecule has 0 saturated carbocycles. The highest BCUT2D eigenvalue weighted by molar-refractivity contribution is 6.22. The molecular weight excluding hydrogens is 390 g/mol. The quantitative estimate of drug-likeness (QED) is 0.759. The first-order valence-corrected chi connectivity index (χ1v) is 8.97. The van der Waals surface area contributed by atoms with Gasteiger partial charge in [0.25, 0.3) is 0 Å². The summed E-state index contributed by atoms with van der Waals surface area (Å²) in [5.74, 6) is -0.764. The summed E-state index contributed by atoms with van der Waals surface area (Å²) in [7, 11) is 1.53. The minimum atomic E-state index is -0.980. The molecule has 0 bridgehead atoms. The lowest BCUT2D eigenvalue weighted by atomic mass is 10.0. The Morgan fingerprint density at radius 1 is 1.32 bits per heavy atom. The second kappa shape index (κ2) is 8.10. The summed E-state index contributed by atoms with van der Waals surface area (Å²) in [6, 6.07) is 1.80. The lowest BCUT2D eigenvalue weighted by Crippen LogP contribution is -2.21. The monoisotopic (exact) mass is 408 g/mol. The molecule has 0 spiro atoms. The van der Waals surface area contributed by atoms with Gasteiger partial charge < -0.3 is 14.6 Å². The molecule has 6 nitrogen and oxygen atoms in total. The highest BCUT2D eigenvalue weighted by atomic mass is 35.5. The number of hydrogen-bond acceptors (Lipinski definition) is 5. The Morgan fingerprint density at radius 3 is 2.75 bits per heavy atom. The predicted octanol–water partition coefficient (Wildman–Crippen LogP) is 3.94. The number of allylic oxidation sites excluding steroid dienone is 4. The summed E-state index contributed by atoms with van der Waals surface area (Å²) in [6.07, 6.45) is 4.23. The van der Waals surface area contributed by atoms with Crippen molar-refractivity contribution in [2.45, 2.75) is 32.2 Å². The maximum Gasteiger partial charge on any atom is 0.310 e. The van der Waals surface area contributed by atoms with Gasteiger partial charge in [0, 0.05) is 18.3 Å². The van der Waals surface area contributed by atoms with E-state index in [4.69, 9.17) is 16.3 Å². The van der Waals surface area contributed by atoms with Crippen LogP contribution in [-0.4, -0.2) is 27.0 Å². The third kappa shape index (κ3) is 4.22. The first-order chi connectivity index (χ1) is 13.3. The Balaban J connectivity index is 1.97. The zero-order valence-electron chi connectivity index (χ0n) is 15.6. The van der Waals surface area contributed by atoms with Crippen molar-refractivity contribution in [1.82, 2.24) is 14.5 Å². The third-order valence-corrected chi connectivity index (χ3v) is 4.71. The molecule has 0 amide bonds. The van der Waals surface area contributed by atoms with E-state index in [1.807, 2.05) is 6.92 Å². The van der Waals surface area contributed by atoms with E-state index in [1.165, 1.54) is 17.8 Å². The van der Waals surface area contributed by atoms with Crippen molar-refractivity contribution in [3.8, 4) is 5.88 Å². The SMILES string of the molecule is COc1nc(C)c(Nc2nc(=O)c(F)cn2CC2=CC=C(F)C(Cl)C2)cc1C. The number of nitrogens with one attached hydrogen (secondary N) is 1. The standard InChI is InChI=1S/C19H19ClF2N4O2/c1-10-6-16(11(2)23-18(10)28-3)24-19-25-17(27)15(22)9-26(19)8-12-4-5-14(21)13(20)7-12/h4-6,9,13H,7-8H2,1-3H3,(H,24,25,27). The van der Waals surface area contributed by atoms with Crippen molar-refractivity contribution in [1.29, 1.82) is 0 Å². The topological polar surface area (TPSA) is 69.0 Å². The van der Waals surface area contributed by atoms with Gasteiger partial charge in [-0.2, -0.15) is 9.37 Å². The lowest BCUT2D eigenvalue weighted by Gasteiger charge is -2.19. The van der Waals surface area contributed by atoms with Crippen LogP contribution in [0.2, 0.25) is 0 Å². The smallest absolute Gasteiger partial charge is 0.310 e. The van der Waals surface area contributed by atoms with E-state index in [1.54, 1.807) is 19.1 Å². The molecule has 0 aromatic carbocycles. The summed E-state index contributed by atoms with van der Waals surface area (Å²) in [5.41, 5.74) is 1.80. The van der Waals surface area contributed by atoms with Crippen LogP contribution < -0.4 is 15.6 Å². The Kier molecular flexibility index (Phi) is 5.79. The maximum atomic E-state index is 13.9. The summed E-state index contributed by atoms with van der Waals surface area (Å²) in [4.78, 5) is 19.9. The second-order valence-electron chi connectivity index (χ2n) is 6.47. The molecule has 2 aromatic heterocycles. The summed E-state index contributed by atoms with van der Waals surface area (Å²) in [5, 5.41) is 2.27. The molecule has 1 atom stereocenters. The van der Waals surface area contributed by atoms with Gasteiger partial charge in [-0.25, -0.2) is 9.37 Å². The van der Waals surface area contributed by atoms with Crippen LogP contribution >= 0.6 is 11.6 Å². The largest absolute Gasteiger partial charge is 0.481 e. The second-order valence-corrected chi connectivity index (χ2v) is 6.99. The number of anilines is 2. The molecule has 0 radical (unpaired) electrons. The minimum Gasteiger partial charge on any atom is -0.481 e. The molecule has 148 valence electrons. The van der Waals surface area contributed by atoms with Gasteiger partial charge in [-0.05, 0) is 38.0 Å². The number of pyridine rings is 1. The highest BCUT2D eigenvalue weighted by Gasteiger charge is 2.19. The molecule has 1 N–H and O–H groups in total. The Morgan fingerprint density at radius 2 is 2.07 bits per heavy atom. The molecule has 2 aromatic rings. The van der Waals surface area contributed by atoms with Crippen molar-refractivity contribution in [2.75, 3.05) is 12.4 Å². The van der Waals surface area contributed by atoms with Crippen molar-refractivity contribution < 1.29 is 13.5 Å². The number of alkyl halides is 1. The first-order valence-electron chi connectivity index (χ1n) is 8.54. The highest BCUT2D eigenvalue weighted by Crippen LogP contribution is 2.28. The molecule has 0 fully saturated rings. The summed E-state index contributed by atoms with van der Waals surface area (Å²) >= 11 is 5.95. The first kappa shape index (κ1) is 20.0. The fourth-order valence-electron chi connectivity index (χ4n) is 2.86. The van der Waals surface area contributed by atoms with Crippen LogP contribution in [-0.2, 0) is 6.54 Å². The Bertz CT molecular complexity index is 1030. The zero-order chi connectivity index (χ0) is 20.4. The normalized spacial score (nSPS) is 16.4. The van der Waals surface area contributed by atoms with Gasteiger partial charge in [-0.15, -0.1) is 11.6 Å². The van der Waals surface area contributed by atoms with Crippen molar-refractivity contribution in [2.24, 2.45) is 0 Å². The lowest BCUT2D eigenvalue weighted by molar-refractivity contribution is 0.394. The van der Waals surface area contributed by atoms with E-state index in [0.717, 1.165) is 17.3 Å². The van der Waals surface area contributed by atoms with Gasteiger partial charge in [0.15, 0.2) is 0 Å². The number of hydrogen-bond donors (Lipinski definition) is 1. The van der Waals surface area contributed by atoms with E-state index < -0.39 is 22.6 Å². The van der Waals surface area contributed by atoms with Gasteiger partial charge in [-0.3, -0.25) is 4.79 Å². The predicted molar refractivity (Wildman–Crippen MR) is 104 cm³/mol. The molecule has 0 saturated heterocycles. The molecule has 3 rings (SSSR count). The van der Waals surface area contributed by atoms with Crippen molar-refractivity contribution in [3.05, 3.63) is 63.2 Å². The number of halogens is 3. The van der Waals surface area contributed by atoms with Gasteiger partial charge in [-0.1, -0.05) is 6.08 Å².